The molecule has 0 atom stereocenters. The van der Waals surface area contributed by atoms with E-state index < -0.39 is 0 Å². The maximum absolute atomic E-state index is 12.1. The molecule has 22 heavy (non-hydrogen) atoms. The predicted octanol–water partition coefficient (Wildman–Crippen LogP) is 2.54. The Hall–Kier alpha value is -2.40. The van der Waals surface area contributed by atoms with Crippen molar-refractivity contribution >= 4 is 11.6 Å². The number of rotatable bonds is 7. The lowest BCUT2D eigenvalue weighted by atomic mass is 10.1. The number of benzene rings is 1. The van der Waals surface area contributed by atoms with Gasteiger partial charge >= 0.3 is 0 Å². The Balaban J connectivity index is 2.00. The summed E-state index contributed by atoms with van der Waals surface area (Å²) in [5.74, 6) is 0.611. The van der Waals surface area contributed by atoms with Crippen molar-refractivity contribution in [2.24, 2.45) is 0 Å². The molecule has 0 spiro atoms. The largest absolute Gasteiger partial charge is 0.494 e. The van der Waals surface area contributed by atoms with Gasteiger partial charge < -0.3 is 15.2 Å². The second kappa shape index (κ2) is 8.14. The number of ether oxygens (including phenoxy) is 1. The van der Waals surface area contributed by atoms with Crippen LogP contribution in [0.1, 0.15) is 24.5 Å². The molecule has 5 heteroatoms. The predicted molar refractivity (Wildman–Crippen MR) is 84.7 cm³/mol. The molecule has 2 N–H and O–H groups in total. The molecule has 0 unspecified atom stereocenters. The average Bonchev–Trinajstić information content (AvgIpc) is 2.53. The number of aliphatic hydroxyl groups excluding tert-OH is 1. The minimum absolute atomic E-state index is 0.140. The van der Waals surface area contributed by atoms with E-state index in [1.807, 2.05) is 31.2 Å². The molecule has 0 radical (unpaired) electrons. The molecule has 1 aromatic carbocycles. The zero-order chi connectivity index (χ0) is 15.8. The van der Waals surface area contributed by atoms with Gasteiger partial charge in [0.1, 0.15) is 5.75 Å². The van der Waals surface area contributed by atoms with Gasteiger partial charge in [0.15, 0.2) is 0 Å². The molecule has 0 aliphatic heterocycles. The molecule has 1 amide bonds. The first kappa shape index (κ1) is 16.0. The van der Waals surface area contributed by atoms with Crippen molar-refractivity contribution in [2.45, 2.75) is 26.4 Å². The van der Waals surface area contributed by atoms with Crippen LogP contribution in [0.2, 0.25) is 0 Å². The van der Waals surface area contributed by atoms with E-state index in [1.54, 1.807) is 12.3 Å². The summed E-state index contributed by atoms with van der Waals surface area (Å²) in [6, 6.07) is 9.17. The van der Waals surface area contributed by atoms with Gasteiger partial charge in [0.2, 0.25) is 5.91 Å². The van der Waals surface area contributed by atoms with Crippen LogP contribution in [0.4, 0.5) is 5.69 Å². The second-order valence-electron chi connectivity index (χ2n) is 4.91. The van der Waals surface area contributed by atoms with Gasteiger partial charge in [-0.1, -0.05) is 19.1 Å². The number of aliphatic hydroxyl groups is 1. The minimum atomic E-state index is -0.157. The number of nitrogens with zero attached hydrogens (tertiary/aromatic N) is 1. The van der Waals surface area contributed by atoms with Gasteiger partial charge in [-0.25, -0.2) is 0 Å². The lowest BCUT2D eigenvalue weighted by molar-refractivity contribution is -0.115. The third-order valence-electron chi connectivity index (χ3n) is 3.09. The smallest absolute Gasteiger partial charge is 0.228 e. The van der Waals surface area contributed by atoms with E-state index in [-0.39, 0.29) is 18.9 Å². The SMILES string of the molecule is CCCOc1cccc(CC(=O)Nc2cnccc2CO)c1. The van der Waals surface area contributed by atoms with Crippen LogP contribution in [0, 0.1) is 0 Å². The lowest BCUT2D eigenvalue weighted by Gasteiger charge is -2.10. The van der Waals surface area contributed by atoms with Crippen molar-refractivity contribution in [3.63, 3.8) is 0 Å². The molecule has 2 rings (SSSR count). The molecule has 0 bridgehead atoms. The van der Waals surface area contributed by atoms with Crippen LogP contribution in [-0.4, -0.2) is 22.6 Å². The highest BCUT2D eigenvalue weighted by atomic mass is 16.5. The molecule has 2 aromatic rings. The number of amides is 1. The van der Waals surface area contributed by atoms with Gasteiger partial charge in [-0.2, -0.15) is 0 Å². The van der Waals surface area contributed by atoms with E-state index in [1.165, 1.54) is 6.20 Å². The third-order valence-corrected chi connectivity index (χ3v) is 3.09. The number of aromatic nitrogens is 1. The number of hydrogen-bond acceptors (Lipinski definition) is 4. The van der Waals surface area contributed by atoms with E-state index in [4.69, 9.17) is 4.74 Å². The first-order valence-corrected chi connectivity index (χ1v) is 7.28. The number of pyridine rings is 1. The first-order valence-electron chi connectivity index (χ1n) is 7.28. The normalized spacial score (nSPS) is 10.3. The van der Waals surface area contributed by atoms with Gasteiger partial charge in [-0.3, -0.25) is 9.78 Å². The van der Waals surface area contributed by atoms with E-state index in [2.05, 4.69) is 10.3 Å². The zero-order valence-electron chi connectivity index (χ0n) is 12.6. The number of nitrogens with one attached hydrogen (secondary N) is 1. The van der Waals surface area contributed by atoms with E-state index in [9.17, 15) is 9.90 Å². The molecule has 116 valence electrons. The Morgan fingerprint density at radius 2 is 2.23 bits per heavy atom. The van der Waals surface area contributed by atoms with Gasteiger partial charge in [0, 0.05) is 11.8 Å². The molecule has 0 saturated carbocycles. The van der Waals surface area contributed by atoms with Crippen LogP contribution in [-0.2, 0) is 17.8 Å². The van der Waals surface area contributed by atoms with Gasteiger partial charge in [0.25, 0.3) is 0 Å². The quantitative estimate of drug-likeness (QED) is 0.824. The summed E-state index contributed by atoms with van der Waals surface area (Å²) in [7, 11) is 0. The van der Waals surface area contributed by atoms with Crippen molar-refractivity contribution < 1.29 is 14.6 Å². The van der Waals surface area contributed by atoms with Crippen LogP contribution >= 0.6 is 0 Å². The van der Waals surface area contributed by atoms with Crippen molar-refractivity contribution in [1.29, 1.82) is 0 Å². The summed E-state index contributed by atoms with van der Waals surface area (Å²) in [5.41, 5.74) is 2.05. The third kappa shape index (κ3) is 4.56. The molecular weight excluding hydrogens is 280 g/mol. The monoisotopic (exact) mass is 300 g/mol. The molecule has 0 aliphatic rings. The Kier molecular flexibility index (Phi) is 5.91. The summed E-state index contributed by atoms with van der Waals surface area (Å²) in [6.07, 6.45) is 4.29. The van der Waals surface area contributed by atoms with Crippen molar-refractivity contribution in [3.8, 4) is 5.75 Å². The minimum Gasteiger partial charge on any atom is -0.494 e. The Morgan fingerprint density at radius 1 is 1.36 bits per heavy atom. The molecule has 1 heterocycles. The summed E-state index contributed by atoms with van der Waals surface area (Å²) in [5, 5.41) is 12.0. The Labute approximate surface area is 130 Å². The maximum Gasteiger partial charge on any atom is 0.228 e. The molecule has 0 aliphatic carbocycles. The summed E-state index contributed by atoms with van der Waals surface area (Å²) >= 11 is 0. The number of carbonyl (C=O) groups is 1. The van der Waals surface area contributed by atoms with Crippen molar-refractivity contribution in [3.05, 3.63) is 53.9 Å². The van der Waals surface area contributed by atoms with Crippen molar-refractivity contribution in [2.75, 3.05) is 11.9 Å². The van der Waals surface area contributed by atoms with E-state index in [0.717, 1.165) is 17.7 Å². The van der Waals surface area contributed by atoms with Gasteiger partial charge in [0.05, 0.1) is 31.5 Å². The van der Waals surface area contributed by atoms with Gasteiger partial charge in [-0.05, 0) is 30.2 Å². The topological polar surface area (TPSA) is 71.5 Å². The van der Waals surface area contributed by atoms with Crippen LogP contribution in [0.5, 0.6) is 5.75 Å². The zero-order valence-corrected chi connectivity index (χ0v) is 12.6. The van der Waals surface area contributed by atoms with Gasteiger partial charge in [-0.15, -0.1) is 0 Å². The highest BCUT2D eigenvalue weighted by Gasteiger charge is 2.08. The second-order valence-corrected chi connectivity index (χ2v) is 4.91. The fourth-order valence-corrected chi connectivity index (χ4v) is 2.02. The van der Waals surface area contributed by atoms with E-state index >= 15 is 0 Å². The van der Waals surface area contributed by atoms with Crippen LogP contribution in [0.15, 0.2) is 42.7 Å². The maximum atomic E-state index is 12.1. The molecule has 1 aromatic heterocycles. The fraction of sp³-hybridized carbons (Fsp3) is 0.294. The number of carbonyl (C=O) groups excluding carboxylic acids is 1. The lowest BCUT2D eigenvalue weighted by Crippen LogP contribution is -2.16. The Bertz CT molecular complexity index is 629. The highest BCUT2D eigenvalue weighted by molar-refractivity contribution is 5.92. The number of anilines is 1. The molecule has 0 fully saturated rings. The highest BCUT2D eigenvalue weighted by Crippen LogP contribution is 2.16. The average molecular weight is 300 g/mol. The molecular formula is C17H20N2O3. The fourth-order valence-electron chi connectivity index (χ4n) is 2.02. The standard InChI is InChI=1S/C17H20N2O3/c1-2-8-22-15-5-3-4-13(9-15)10-17(21)19-16-11-18-7-6-14(16)12-20/h3-7,9,11,20H,2,8,10,12H2,1H3,(H,19,21). The summed E-state index contributed by atoms with van der Waals surface area (Å²) < 4.78 is 5.56. The molecule has 0 saturated heterocycles. The summed E-state index contributed by atoms with van der Waals surface area (Å²) in [4.78, 5) is 16.1. The van der Waals surface area contributed by atoms with Crippen molar-refractivity contribution in [1.82, 2.24) is 4.98 Å². The van der Waals surface area contributed by atoms with Crippen LogP contribution < -0.4 is 10.1 Å². The summed E-state index contributed by atoms with van der Waals surface area (Å²) in [6.45, 7) is 2.56. The van der Waals surface area contributed by atoms with Crippen LogP contribution in [0.25, 0.3) is 0 Å². The van der Waals surface area contributed by atoms with E-state index in [0.29, 0.717) is 17.9 Å². The Morgan fingerprint density at radius 3 is 3.00 bits per heavy atom. The first-order chi connectivity index (χ1) is 10.7. The van der Waals surface area contributed by atoms with Crippen LogP contribution in [0.3, 0.4) is 0 Å². The number of hydrogen-bond donors (Lipinski definition) is 2. The molecule has 5 nitrogen and oxygen atoms in total.